The third-order valence-corrected chi connectivity index (χ3v) is 6.65. The molecule has 1 atom stereocenters. The van der Waals surface area contributed by atoms with E-state index < -0.39 is 34.5 Å². The number of carbonyl (C=O) groups excluding carboxylic acids is 2. The maximum Gasteiger partial charge on any atom is 0.335 e. The van der Waals surface area contributed by atoms with Crippen molar-refractivity contribution in [2.24, 2.45) is 0 Å². The summed E-state index contributed by atoms with van der Waals surface area (Å²) >= 11 is 0. The Labute approximate surface area is 234 Å². The number of hydrogen-bond donors (Lipinski definition) is 2. The van der Waals surface area contributed by atoms with Gasteiger partial charge in [0.1, 0.15) is 23.2 Å². The number of esters is 1. The van der Waals surface area contributed by atoms with Gasteiger partial charge in [0.05, 0.1) is 36.9 Å². The Morgan fingerprint density at radius 1 is 1.02 bits per heavy atom. The molecule has 0 aromatic heterocycles. The Hall–Kier alpha value is -5.39. The van der Waals surface area contributed by atoms with Gasteiger partial charge in [0.2, 0.25) is 5.91 Å². The topological polar surface area (TPSA) is 160 Å². The van der Waals surface area contributed by atoms with Crippen molar-refractivity contribution in [3.63, 3.8) is 0 Å². The molecule has 0 bridgehead atoms. The summed E-state index contributed by atoms with van der Waals surface area (Å²) in [5, 5.41) is 31.2. The number of methoxy groups -OCH3 is 2. The first-order valence-electron chi connectivity index (χ1n) is 12.5. The number of nitro groups is 1. The molecule has 2 N–H and O–H groups in total. The minimum absolute atomic E-state index is 0.0153. The first-order valence-corrected chi connectivity index (χ1v) is 12.5. The van der Waals surface area contributed by atoms with Crippen molar-refractivity contribution < 1.29 is 39.0 Å². The van der Waals surface area contributed by atoms with Gasteiger partial charge in [-0.3, -0.25) is 19.7 Å². The lowest BCUT2D eigenvalue weighted by atomic mass is 9.99. The van der Waals surface area contributed by atoms with Gasteiger partial charge in [0.25, 0.3) is 5.69 Å². The highest BCUT2D eigenvalue weighted by Crippen LogP contribution is 2.38. The molecule has 1 aliphatic heterocycles. The minimum atomic E-state index is -1.34. The van der Waals surface area contributed by atoms with Crippen LogP contribution in [-0.4, -0.2) is 58.1 Å². The molecule has 0 saturated carbocycles. The van der Waals surface area contributed by atoms with Gasteiger partial charge in [0, 0.05) is 24.3 Å². The molecule has 1 aliphatic rings. The highest BCUT2D eigenvalue weighted by molar-refractivity contribution is 5.98. The average molecular weight is 562 g/mol. The van der Waals surface area contributed by atoms with Gasteiger partial charge < -0.3 is 29.5 Å². The fraction of sp³-hybridized carbons (Fsp3) is 0.207. The Morgan fingerprint density at radius 3 is 2.29 bits per heavy atom. The lowest BCUT2D eigenvalue weighted by molar-refractivity contribution is -0.384. The quantitative estimate of drug-likeness (QED) is 0.209. The van der Waals surface area contributed by atoms with Gasteiger partial charge in [-0.25, -0.2) is 4.79 Å². The molecule has 3 aromatic rings. The molecule has 0 unspecified atom stereocenters. The summed E-state index contributed by atoms with van der Waals surface area (Å²) in [6.07, 6.45) is 1.39. The van der Waals surface area contributed by atoms with Crippen LogP contribution in [0.5, 0.6) is 11.5 Å². The Kier molecular flexibility index (Phi) is 8.51. The van der Waals surface area contributed by atoms with E-state index >= 15 is 0 Å². The molecular weight excluding hydrogens is 534 g/mol. The molecule has 0 radical (unpaired) electrons. The van der Waals surface area contributed by atoms with Crippen LogP contribution in [0.15, 0.2) is 72.9 Å². The first kappa shape index (κ1) is 28.6. The number of phenols is 1. The summed E-state index contributed by atoms with van der Waals surface area (Å²) in [6.45, 7) is 0.0968. The fourth-order valence-corrected chi connectivity index (χ4v) is 4.53. The van der Waals surface area contributed by atoms with Crippen LogP contribution in [0.3, 0.4) is 0 Å². The van der Waals surface area contributed by atoms with Crippen molar-refractivity contribution in [1.82, 2.24) is 4.90 Å². The van der Waals surface area contributed by atoms with Crippen LogP contribution in [0.2, 0.25) is 0 Å². The number of amides is 1. The molecule has 1 amide bonds. The monoisotopic (exact) mass is 561 g/mol. The van der Waals surface area contributed by atoms with E-state index in [1.165, 1.54) is 48.3 Å². The third kappa shape index (κ3) is 6.27. The van der Waals surface area contributed by atoms with Crippen molar-refractivity contribution in [3.8, 4) is 11.5 Å². The first-order chi connectivity index (χ1) is 19.6. The highest BCUT2D eigenvalue weighted by atomic mass is 16.6. The van der Waals surface area contributed by atoms with Crippen molar-refractivity contribution in [2.45, 2.75) is 25.4 Å². The van der Waals surface area contributed by atoms with Crippen molar-refractivity contribution in [2.75, 3.05) is 19.1 Å². The summed E-state index contributed by atoms with van der Waals surface area (Å²) in [5.74, 6) is -1.72. The van der Waals surface area contributed by atoms with Crippen molar-refractivity contribution in [3.05, 3.63) is 99.7 Å². The zero-order valence-corrected chi connectivity index (χ0v) is 22.2. The molecule has 4 rings (SSSR count). The minimum Gasteiger partial charge on any atom is -0.508 e. The maximum absolute atomic E-state index is 14.2. The molecule has 12 heteroatoms. The summed E-state index contributed by atoms with van der Waals surface area (Å²) in [7, 11) is 2.74. The number of aromatic carboxylic acids is 1. The van der Waals surface area contributed by atoms with E-state index in [-0.39, 0.29) is 36.4 Å². The van der Waals surface area contributed by atoms with Gasteiger partial charge in [-0.1, -0.05) is 12.1 Å². The van der Waals surface area contributed by atoms with E-state index in [1.54, 1.807) is 42.6 Å². The van der Waals surface area contributed by atoms with Crippen LogP contribution in [-0.2, 0) is 20.9 Å². The molecule has 0 fully saturated rings. The predicted molar refractivity (Wildman–Crippen MR) is 147 cm³/mol. The van der Waals surface area contributed by atoms with Crippen LogP contribution in [0.25, 0.3) is 5.70 Å². The summed E-state index contributed by atoms with van der Waals surface area (Å²) in [5.41, 5.74) is 0.878. The lowest BCUT2D eigenvalue weighted by Gasteiger charge is -2.40. The summed E-state index contributed by atoms with van der Waals surface area (Å²) in [6, 6.07) is 15.6. The van der Waals surface area contributed by atoms with Crippen molar-refractivity contribution >= 4 is 34.9 Å². The number of hydrogen-bond acceptors (Lipinski definition) is 9. The van der Waals surface area contributed by atoms with Crippen molar-refractivity contribution in [1.29, 1.82) is 0 Å². The number of nitrogens with zero attached hydrogens (tertiary/aromatic N) is 3. The second-order valence-corrected chi connectivity index (χ2v) is 9.14. The van der Waals surface area contributed by atoms with Gasteiger partial charge >= 0.3 is 11.9 Å². The Balaban J connectivity index is 1.91. The summed E-state index contributed by atoms with van der Waals surface area (Å²) < 4.78 is 10.0. The number of rotatable bonds is 10. The van der Waals surface area contributed by atoms with Crippen LogP contribution in [0.4, 0.5) is 11.4 Å². The van der Waals surface area contributed by atoms with Crippen LogP contribution in [0, 0.1) is 10.1 Å². The standard InChI is InChI=1S/C29H27N3O9/c1-40-22-10-5-19(6-11-22)26-17-30(23-12-7-20(29(36)37)15-25(23)32(38)39)24(13-14-27(34)41-2)28(35)31(26)16-18-3-8-21(33)9-4-18/h3-12,15,17,24,33H,13-14,16H2,1-2H3,(H,36,37)/t24-/m0/s1. The number of phenolic OH excluding ortho intramolecular Hbond substituents is 1. The molecule has 12 nitrogen and oxygen atoms in total. The Bertz CT molecular complexity index is 1500. The molecule has 0 aliphatic carbocycles. The number of carboxylic acids is 1. The number of carboxylic acid groups (broad SMARTS) is 1. The van der Waals surface area contributed by atoms with E-state index in [2.05, 4.69) is 0 Å². The second kappa shape index (κ2) is 12.2. The highest BCUT2D eigenvalue weighted by Gasteiger charge is 2.39. The van der Waals surface area contributed by atoms with E-state index in [9.17, 15) is 34.7 Å². The average Bonchev–Trinajstić information content (AvgIpc) is 2.98. The fourth-order valence-electron chi connectivity index (χ4n) is 4.53. The van der Waals surface area contributed by atoms with E-state index in [4.69, 9.17) is 9.47 Å². The van der Waals surface area contributed by atoms with Crippen LogP contribution in [0.1, 0.15) is 34.3 Å². The number of carbonyl (C=O) groups is 3. The van der Waals surface area contributed by atoms with Gasteiger partial charge in [-0.05, 0) is 60.5 Å². The largest absolute Gasteiger partial charge is 0.508 e. The third-order valence-electron chi connectivity index (χ3n) is 6.65. The van der Waals surface area contributed by atoms with Crippen LogP contribution >= 0.6 is 0 Å². The van der Waals surface area contributed by atoms with E-state index in [0.717, 1.165) is 6.07 Å². The zero-order chi connectivity index (χ0) is 29.7. The lowest BCUT2D eigenvalue weighted by Crippen LogP contribution is -2.50. The summed E-state index contributed by atoms with van der Waals surface area (Å²) in [4.78, 5) is 52.0. The molecule has 0 spiro atoms. The number of ether oxygens (including phenoxy) is 2. The molecule has 41 heavy (non-hydrogen) atoms. The van der Waals surface area contributed by atoms with E-state index in [0.29, 0.717) is 22.6 Å². The normalized spacial score (nSPS) is 14.8. The van der Waals surface area contributed by atoms with Gasteiger partial charge in [-0.2, -0.15) is 0 Å². The number of aromatic hydroxyl groups is 1. The molecule has 3 aromatic carbocycles. The number of anilines is 1. The van der Waals surface area contributed by atoms with Gasteiger partial charge in [0.15, 0.2) is 0 Å². The number of benzene rings is 3. The predicted octanol–water partition coefficient (Wildman–Crippen LogP) is 4.18. The number of nitro benzene ring substituents is 1. The Morgan fingerprint density at radius 2 is 1.71 bits per heavy atom. The molecule has 0 saturated heterocycles. The SMILES string of the molecule is COC(=O)CC[C@H]1C(=O)N(Cc2ccc(O)cc2)C(c2ccc(OC)cc2)=CN1c1ccc(C(=O)O)cc1[N+](=O)[O-]. The van der Waals surface area contributed by atoms with Gasteiger partial charge in [-0.15, -0.1) is 0 Å². The zero-order valence-electron chi connectivity index (χ0n) is 22.2. The smallest absolute Gasteiger partial charge is 0.335 e. The van der Waals surface area contributed by atoms with E-state index in [1.807, 2.05) is 0 Å². The van der Waals surface area contributed by atoms with Crippen LogP contribution < -0.4 is 9.64 Å². The molecular formula is C29H27N3O9. The maximum atomic E-state index is 14.2. The molecule has 212 valence electrons. The molecule has 1 heterocycles. The second-order valence-electron chi connectivity index (χ2n) is 9.14.